The van der Waals surface area contributed by atoms with Crippen LogP contribution in [-0.2, 0) is 0 Å². The molecule has 0 aliphatic heterocycles. The lowest BCUT2D eigenvalue weighted by molar-refractivity contribution is 0.414. The summed E-state index contributed by atoms with van der Waals surface area (Å²) in [5, 5.41) is 0. The third kappa shape index (κ3) is 1.77. The fraction of sp³-hybridized carbons (Fsp3) is 0.462. The van der Waals surface area contributed by atoms with E-state index in [9.17, 15) is 0 Å². The minimum Gasteiger partial charge on any atom is -0.497 e. The van der Waals surface area contributed by atoms with Crippen LogP contribution in [0.4, 0.5) is 0 Å². The molecule has 1 nitrogen and oxygen atoms in total. The molecule has 1 aromatic rings. The van der Waals surface area contributed by atoms with Crippen LogP contribution in [-0.4, -0.2) is 7.11 Å². The first-order chi connectivity index (χ1) is 6.72. The zero-order valence-corrected chi connectivity index (χ0v) is 8.92. The normalized spacial score (nSPS) is 16.0. The van der Waals surface area contributed by atoms with Crippen molar-refractivity contribution in [3.63, 3.8) is 0 Å². The largest absolute Gasteiger partial charge is 0.497 e. The van der Waals surface area contributed by atoms with Crippen molar-refractivity contribution in [3.05, 3.63) is 36.2 Å². The fourth-order valence-corrected chi connectivity index (χ4v) is 1.87. The highest BCUT2D eigenvalue weighted by molar-refractivity contribution is 5.41. The molecule has 0 heterocycles. The number of methoxy groups -OCH3 is 1. The molecule has 1 fully saturated rings. The van der Waals surface area contributed by atoms with Crippen LogP contribution in [0.3, 0.4) is 0 Å². The molecule has 1 unspecified atom stereocenters. The topological polar surface area (TPSA) is 9.23 Å². The summed E-state index contributed by atoms with van der Waals surface area (Å²) in [6.45, 7) is 6.24. The van der Waals surface area contributed by atoms with E-state index in [1.807, 2.05) is 0 Å². The number of hydrogen-bond donors (Lipinski definition) is 0. The molecule has 0 aromatic heterocycles. The Bertz CT molecular complexity index is 324. The SMILES string of the molecule is [CH2]C(C)c1cc(OC)ccc1C1CC1. The highest BCUT2D eigenvalue weighted by Crippen LogP contribution is 2.44. The maximum atomic E-state index is 5.23. The predicted octanol–water partition coefficient (Wildman–Crippen LogP) is 3.51. The lowest BCUT2D eigenvalue weighted by Gasteiger charge is -2.13. The third-order valence-electron chi connectivity index (χ3n) is 2.84. The molecule has 0 spiro atoms. The summed E-state index contributed by atoms with van der Waals surface area (Å²) in [5.74, 6) is 2.08. The highest BCUT2D eigenvalue weighted by atomic mass is 16.5. The Hall–Kier alpha value is -0.980. The van der Waals surface area contributed by atoms with Crippen molar-refractivity contribution < 1.29 is 4.74 Å². The van der Waals surface area contributed by atoms with Gasteiger partial charge in [-0.25, -0.2) is 0 Å². The summed E-state index contributed by atoms with van der Waals surface area (Å²) in [6, 6.07) is 6.39. The molecule has 1 atom stereocenters. The summed E-state index contributed by atoms with van der Waals surface area (Å²) in [7, 11) is 1.71. The molecule has 1 aliphatic rings. The van der Waals surface area contributed by atoms with Gasteiger partial charge in [-0.2, -0.15) is 0 Å². The van der Waals surface area contributed by atoms with E-state index in [2.05, 4.69) is 32.0 Å². The maximum Gasteiger partial charge on any atom is 0.119 e. The Kier molecular flexibility index (Phi) is 2.49. The zero-order chi connectivity index (χ0) is 10.1. The van der Waals surface area contributed by atoms with Crippen molar-refractivity contribution in [1.29, 1.82) is 0 Å². The second-order valence-corrected chi connectivity index (χ2v) is 4.17. The first-order valence-electron chi connectivity index (χ1n) is 5.23. The molecular weight excluding hydrogens is 172 g/mol. The van der Waals surface area contributed by atoms with E-state index < -0.39 is 0 Å². The van der Waals surface area contributed by atoms with Gasteiger partial charge in [0.05, 0.1) is 7.11 Å². The van der Waals surface area contributed by atoms with Gasteiger partial charge in [-0.1, -0.05) is 13.0 Å². The van der Waals surface area contributed by atoms with Crippen molar-refractivity contribution in [3.8, 4) is 5.75 Å². The van der Waals surface area contributed by atoms with E-state index >= 15 is 0 Å². The van der Waals surface area contributed by atoms with E-state index in [0.29, 0.717) is 5.92 Å². The summed E-state index contributed by atoms with van der Waals surface area (Å²) in [6.07, 6.45) is 2.68. The molecule has 0 bridgehead atoms. The van der Waals surface area contributed by atoms with Gasteiger partial charge in [-0.05, 0) is 54.9 Å². The van der Waals surface area contributed by atoms with Crippen molar-refractivity contribution in [2.45, 2.75) is 31.6 Å². The van der Waals surface area contributed by atoms with Crippen molar-refractivity contribution in [1.82, 2.24) is 0 Å². The standard InChI is InChI=1S/C13H17O/c1-9(2)13-8-11(14-3)6-7-12(13)10-4-5-10/h6-10H,1,4-5H2,2-3H3. The second-order valence-electron chi connectivity index (χ2n) is 4.17. The van der Waals surface area contributed by atoms with Gasteiger partial charge in [-0.3, -0.25) is 0 Å². The average molecular weight is 189 g/mol. The van der Waals surface area contributed by atoms with Crippen molar-refractivity contribution in [2.75, 3.05) is 7.11 Å². The van der Waals surface area contributed by atoms with Crippen LogP contribution in [0, 0.1) is 6.92 Å². The van der Waals surface area contributed by atoms with Crippen LogP contribution >= 0.6 is 0 Å². The Labute approximate surface area is 86.1 Å². The van der Waals surface area contributed by atoms with Crippen LogP contribution in [0.25, 0.3) is 0 Å². The van der Waals surface area contributed by atoms with Gasteiger partial charge in [0, 0.05) is 0 Å². The monoisotopic (exact) mass is 189 g/mol. The zero-order valence-electron chi connectivity index (χ0n) is 8.92. The molecule has 2 rings (SSSR count). The van der Waals surface area contributed by atoms with Crippen molar-refractivity contribution >= 4 is 0 Å². The minimum atomic E-state index is 0.348. The van der Waals surface area contributed by atoms with E-state index in [4.69, 9.17) is 4.74 Å². The molecule has 75 valence electrons. The van der Waals surface area contributed by atoms with Crippen molar-refractivity contribution in [2.24, 2.45) is 0 Å². The number of rotatable bonds is 3. The summed E-state index contributed by atoms with van der Waals surface area (Å²) in [4.78, 5) is 0. The van der Waals surface area contributed by atoms with Gasteiger partial charge >= 0.3 is 0 Å². The van der Waals surface area contributed by atoms with Gasteiger partial charge in [-0.15, -0.1) is 0 Å². The smallest absolute Gasteiger partial charge is 0.119 e. The number of ether oxygens (including phenoxy) is 1. The number of hydrogen-bond acceptors (Lipinski definition) is 1. The predicted molar refractivity (Wildman–Crippen MR) is 58.7 cm³/mol. The first kappa shape index (κ1) is 9.57. The van der Waals surface area contributed by atoms with Gasteiger partial charge in [0.25, 0.3) is 0 Å². The molecule has 0 saturated heterocycles. The Morgan fingerprint density at radius 2 is 2.14 bits per heavy atom. The molecule has 0 N–H and O–H groups in total. The highest BCUT2D eigenvalue weighted by Gasteiger charge is 2.26. The van der Waals surface area contributed by atoms with E-state index in [1.54, 1.807) is 7.11 Å². The van der Waals surface area contributed by atoms with E-state index in [1.165, 1.54) is 24.0 Å². The molecule has 1 saturated carbocycles. The first-order valence-corrected chi connectivity index (χ1v) is 5.23. The van der Waals surface area contributed by atoms with Crippen LogP contribution in [0.2, 0.25) is 0 Å². The van der Waals surface area contributed by atoms with E-state index in [0.717, 1.165) is 11.7 Å². The Balaban J connectivity index is 2.38. The lowest BCUT2D eigenvalue weighted by atomic mass is 9.94. The molecule has 1 aliphatic carbocycles. The van der Waals surface area contributed by atoms with Gasteiger partial charge in [0.1, 0.15) is 5.75 Å². The second kappa shape index (κ2) is 3.64. The minimum absolute atomic E-state index is 0.348. The molecule has 1 aromatic carbocycles. The number of benzene rings is 1. The Morgan fingerprint density at radius 3 is 2.64 bits per heavy atom. The summed E-state index contributed by atoms with van der Waals surface area (Å²) in [5.41, 5.74) is 2.83. The average Bonchev–Trinajstić information content (AvgIpc) is 3.00. The van der Waals surface area contributed by atoms with Gasteiger partial charge in [0.15, 0.2) is 0 Å². The van der Waals surface area contributed by atoms with Crippen LogP contribution < -0.4 is 4.74 Å². The third-order valence-corrected chi connectivity index (χ3v) is 2.84. The fourth-order valence-electron chi connectivity index (χ4n) is 1.87. The summed E-state index contributed by atoms with van der Waals surface area (Å²) >= 11 is 0. The quantitative estimate of drug-likeness (QED) is 0.707. The van der Waals surface area contributed by atoms with Crippen LogP contribution in [0.1, 0.15) is 42.7 Å². The van der Waals surface area contributed by atoms with E-state index in [-0.39, 0.29) is 0 Å². The molecule has 1 heteroatoms. The molecule has 14 heavy (non-hydrogen) atoms. The molecular formula is C13H17O. The Morgan fingerprint density at radius 1 is 1.43 bits per heavy atom. The molecule has 1 radical (unpaired) electrons. The van der Waals surface area contributed by atoms with Gasteiger partial charge in [0.2, 0.25) is 0 Å². The lowest BCUT2D eigenvalue weighted by Crippen LogP contribution is -1.96. The summed E-state index contributed by atoms with van der Waals surface area (Å²) < 4.78 is 5.23. The maximum absolute atomic E-state index is 5.23. The van der Waals surface area contributed by atoms with Crippen LogP contribution in [0.5, 0.6) is 5.75 Å². The van der Waals surface area contributed by atoms with Gasteiger partial charge < -0.3 is 4.74 Å². The van der Waals surface area contributed by atoms with Crippen LogP contribution in [0.15, 0.2) is 18.2 Å². The molecule has 0 amide bonds.